The third-order valence-electron chi connectivity index (χ3n) is 6.52. The zero-order chi connectivity index (χ0) is 20.4. The van der Waals surface area contributed by atoms with Gasteiger partial charge in [-0.05, 0) is 58.1 Å². The number of thioether (sulfide) groups is 1. The molecule has 1 aromatic carbocycles. The van der Waals surface area contributed by atoms with Gasteiger partial charge < -0.3 is 4.90 Å². The minimum Gasteiger partial charge on any atom is -0.337 e. The van der Waals surface area contributed by atoms with Crippen LogP contribution in [0.1, 0.15) is 71.3 Å². The van der Waals surface area contributed by atoms with Gasteiger partial charge in [0.15, 0.2) is 5.16 Å². The van der Waals surface area contributed by atoms with Gasteiger partial charge in [-0.2, -0.15) is 0 Å². The lowest BCUT2D eigenvalue weighted by Crippen LogP contribution is -2.48. The highest BCUT2D eigenvalue weighted by atomic mass is 32.2. The van der Waals surface area contributed by atoms with E-state index >= 15 is 0 Å². The van der Waals surface area contributed by atoms with E-state index in [9.17, 15) is 9.59 Å². The van der Waals surface area contributed by atoms with Crippen LogP contribution < -0.4 is 5.56 Å². The number of aromatic nitrogens is 2. The van der Waals surface area contributed by atoms with E-state index in [2.05, 4.69) is 13.8 Å². The monoisotopic (exact) mass is 413 g/mol. The van der Waals surface area contributed by atoms with E-state index in [0.717, 1.165) is 44.0 Å². The lowest BCUT2D eigenvalue weighted by molar-refractivity contribution is -0.134. The summed E-state index contributed by atoms with van der Waals surface area (Å²) in [6.45, 7) is 4.29. The van der Waals surface area contributed by atoms with E-state index in [1.165, 1.54) is 24.6 Å². The maximum atomic E-state index is 13.3. The van der Waals surface area contributed by atoms with Gasteiger partial charge in [-0.15, -0.1) is 0 Å². The van der Waals surface area contributed by atoms with Crippen LogP contribution in [0, 0.1) is 0 Å². The largest absolute Gasteiger partial charge is 0.337 e. The topological polar surface area (TPSA) is 55.2 Å². The van der Waals surface area contributed by atoms with Crippen LogP contribution in [0.2, 0.25) is 0 Å². The molecule has 2 atom stereocenters. The van der Waals surface area contributed by atoms with Crippen molar-refractivity contribution in [1.82, 2.24) is 14.5 Å². The third kappa shape index (κ3) is 4.23. The maximum Gasteiger partial charge on any atom is 0.262 e. The molecule has 0 bridgehead atoms. The molecule has 156 valence electrons. The average Bonchev–Trinajstić information content (AvgIpc) is 2.73. The Labute approximate surface area is 176 Å². The maximum absolute atomic E-state index is 13.3. The number of piperidine rings is 1. The van der Waals surface area contributed by atoms with Gasteiger partial charge in [0.2, 0.25) is 5.91 Å². The van der Waals surface area contributed by atoms with Crippen LogP contribution in [0.4, 0.5) is 0 Å². The van der Waals surface area contributed by atoms with E-state index < -0.39 is 0 Å². The lowest BCUT2D eigenvalue weighted by Gasteiger charge is -2.39. The second-order valence-corrected chi connectivity index (χ2v) is 9.54. The van der Waals surface area contributed by atoms with Gasteiger partial charge in [-0.25, -0.2) is 4.98 Å². The quantitative estimate of drug-likeness (QED) is 0.534. The van der Waals surface area contributed by atoms with E-state index in [4.69, 9.17) is 4.98 Å². The van der Waals surface area contributed by atoms with Gasteiger partial charge in [0.1, 0.15) is 0 Å². The Hall–Kier alpha value is -1.82. The van der Waals surface area contributed by atoms with Gasteiger partial charge >= 0.3 is 0 Å². The summed E-state index contributed by atoms with van der Waals surface area (Å²) < 4.78 is 1.89. The SMILES string of the molecule is C[C@@H]1CCC[C@H](C)N1C(=O)CSc1nc2ccccc2c(=O)n1C1CCCCC1. The summed E-state index contributed by atoms with van der Waals surface area (Å²) in [5.41, 5.74) is 0.761. The summed E-state index contributed by atoms with van der Waals surface area (Å²) in [6, 6.07) is 8.33. The number of carbonyl (C=O) groups excluding carboxylic acids is 1. The second kappa shape index (κ2) is 8.90. The molecule has 2 aromatic rings. The van der Waals surface area contributed by atoms with Gasteiger partial charge in [0.05, 0.1) is 16.7 Å². The van der Waals surface area contributed by atoms with E-state index in [0.29, 0.717) is 16.3 Å². The highest BCUT2D eigenvalue weighted by Crippen LogP contribution is 2.31. The molecule has 6 heteroatoms. The first-order valence-electron chi connectivity index (χ1n) is 11.0. The molecule has 1 aliphatic carbocycles. The Morgan fingerprint density at radius 2 is 1.72 bits per heavy atom. The molecule has 0 N–H and O–H groups in total. The van der Waals surface area contributed by atoms with Crippen molar-refractivity contribution < 1.29 is 4.79 Å². The average molecular weight is 414 g/mol. The Kier molecular flexibility index (Phi) is 6.28. The zero-order valence-corrected chi connectivity index (χ0v) is 18.3. The molecule has 2 aliphatic rings. The summed E-state index contributed by atoms with van der Waals surface area (Å²) >= 11 is 1.44. The molecule has 2 fully saturated rings. The minimum atomic E-state index is 0.0390. The van der Waals surface area contributed by atoms with Gasteiger partial charge in [-0.3, -0.25) is 14.2 Å². The van der Waals surface area contributed by atoms with Gasteiger partial charge in [-0.1, -0.05) is 43.2 Å². The van der Waals surface area contributed by atoms with Crippen molar-refractivity contribution in [2.75, 3.05) is 5.75 Å². The fraction of sp³-hybridized carbons (Fsp3) is 0.609. The molecule has 5 nitrogen and oxygen atoms in total. The van der Waals surface area contributed by atoms with Gasteiger partial charge in [0.25, 0.3) is 5.56 Å². The van der Waals surface area contributed by atoms with Crippen molar-refractivity contribution in [2.45, 2.75) is 88.5 Å². The molecular weight excluding hydrogens is 382 g/mol. The van der Waals surface area contributed by atoms with Crippen molar-refractivity contribution in [3.8, 4) is 0 Å². The number of amides is 1. The standard InChI is InChI=1S/C23H31N3O2S/c1-16-9-8-10-17(2)25(16)21(27)15-29-23-24-20-14-7-6-13-19(20)22(28)26(23)18-11-4-3-5-12-18/h6-7,13-14,16-18H,3-5,8-12,15H2,1-2H3/t16-,17+. The summed E-state index contributed by atoms with van der Waals surface area (Å²) in [5.74, 6) is 0.499. The zero-order valence-electron chi connectivity index (χ0n) is 17.5. The molecule has 0 spiro atoms. The van der Waals surface area contributed by atoms with Crippen LogP contribution in [0.25, 0.3) is 10.9 Å². The Bertz CT molecular complexity index is 925. The van der Waals surface area contributed by atoms with E-state index in [1.54, 1.807) is 0 Å². The molecule has 0 unspecified atom stereocenters. The number of benzene rings is 1. The summed E-state index contributed by atoms with van der Waals surface area (Å²) in [7, 11) is 0. The van der Waals surface area contributed by atoms with Crippen LogP contribution in [0.3, 0.4) is 0 Å². The Balaban J connectivity index is 1.63. The van der Waals surface area contributed by atoms with Crippen LogP contribution in [-0.2, 0) is 4.79 Å². The van der Waals surface area contributed by atoms with Crippen LogP contribution in [0.5, 0.6) is 0 Å². The van der Waals surface area contributed by atoms with Crippen LogP contribution in [-0.4, -0.2) is 38.2 Å². The number of rotatable bonds is 4. The molecule has 4 rings (SSSR count). The number of fused-ring (bicyclic) bond motifs is 1. The smallest absolute Gasteiger partial charge is 0.262 e. The Morgan fingerprint density at radius 3 is 2.45 bits per heavy atom. The molecule has 1 saturated heterocycles. The number of hydrogen-bond donors (Lipinski definition) is 0. The lowest BCUT2D eigenvalue weighted by atomic mass is 9.95. The first-order chi connectivity index (χ1) is 14.1. The summed E-state index contributed by atoms with van der Waals surface area (Å²) in [4.78, 5) is 33.2. The number of para-hydroxylation sites is 1. The van der Waals surface area contributed by atoms with Crippen LogP contribution >= 0.6 is 11.8 Å². The van der Waals surface area contributed by atoms with E-state index in [-0.39, 0.29) is 29.6 Å². The molecule has 29 heavy (non-hydrogen) atoms. The van der Waals surface area contributed by atoms with Gasteiger partial charge in [0, 0.05) is 18.1 Å². The molecule has 1 aliphatic heterocycles. The minimum absolute atomic E-state index is 0.0390. The first kappa shape index (κ1) is 20.5. The molecule has 0 radical (unpaired) electrons. The molecule has 1 amide bonds. The highest BCUT2D eigenvalue weighted by Gasteiger charge is 2.29. The number of hydrogen-bond acceptors (Lipinski definition) is 4. The Morgan fingerprint density at radius 1 is 1.03 bits per heavy atom. The first-order valence-corrected chi connectivity index (χ1v) is 12.0. The van der Waals surface area contributed by atoms with Crippen molar-refractivity contribution >= 4 is 28.6 Å². The fourth-order valence-corrected chi connectivity index (χ4v) is 5.94. The molecule has 1 aromatic heterocycles. The fourth-order valence-electron chi connectivity index (χ4n) is 5.00. The van der Waals surface area contributed by atoms with Crippen molar-refractivity contribution in [1.29, 1.82) is 0 Å². The number of nitrogens with zero attached hydrogens (tertiary/aromatic N) is 3. The van der Waals surface area contributed by atoms with Crippen molar-refractivity contribution in [3.63, 3.8) is 0 Å². The van der Waals surface area contributed by atoms with Crippen LogP contribution in [0.15, 0.2) is 34.2 Å². The molecular formula is C23H31N3O2S. The molecule has 2 heterocycles. The predicted octanol–water partition coefficient (Wildman–Crippen LogP) is 4.78. The third-order valence-corrected chi connectivity index (χ3v) is 7.46. The summed E-state index contributed by atoms with van der Waals surface area (Å²) in [5, 5.41) is 1.37. The predicted molar refractivity (Wildman–Crippen MR) is 118 cm³/mol. The number of likely N-dealkylation sites (tertiary alicyclic amines) is 1. The molecule has 1 saturated carbocycles. The van der Waals surface area contributed by atoms with Crippen molar-refractivity contribution in [3.05, 3.63) is 34.6 Å². The second-order valence-electron chi connectivity index (χ2n) is 8.60. The highest BCUT2D eigenvalue weighted by molar-refractivity contribution is 7.99. The van der Waals surface area contributed by atoms with Crippen molar-refractivity contribution in [2.24, 2.45) is 0 Å². The van der Waals surface area contributed by atoms with E-state index in [1.807, 2.05) is 33.7 Å². The number of carbonyl (C=O) groups is 1. The normalized spacial score (nSPS) is 23.4. The summed E-state index contributed by atoms with van der Waals surface area (Å²) in [6.07, 6.45) is 8.89.